The molecule has 3 nitrogen and oxygen atoms in total. The Morgan fingerprint density at radius 2 is 2.29 bits per heavy atom. The van der Waals surface area contributed by atoms with E-state index in [1.54, 1.807) is 0 Å². The van der Waals surface area contributed by atoms with Crippen LogP contribution in [0.15, 0.2) is 24.3 Å². The molecule has 0 radical (unpaired) electrons. The molecule has 1 saturated carbocycles. The predicted molar refractivity (Wildman–Crippen MR) is 76.8 cm³/mol. The number of rotatable bonds is 3. The zero-order valence-electron chi connectivity index (χ0n) is 9.66. The van der Waals surface area contributed by atoms with E-state index in [4.69, 9.17) is 5.73 Å². The molecule has 0 bridgehead atoms. The first-order valence-electron chi connectivity index (χ1n) is 5.97. The Hall–Kier alpha value is -0.620. The maximum atomic E-state index is 12.1. The summed E-state index contributed by atoms with van der Waals surface area (Å²) >= 11 is 2.21. The van der Waals surface area contributed by atoms with E-state index in [1.807, 2.05) is 24.3 Å². The van der Waals surface area contributed by atoms with Crippen LogP contribution in [-0.4, -0.2) is 18.5 Å². The molecule has 0 spiro atoms. The van der Waals surface area contributed by atoms with Crippen molar-refractivity contribution in [3.05, 3.63) is 33.4 Å². The van der Waals surface area contributed by atoms with Crippen LogP contribution in [0, 0.1) is 9.49 Å². The van der Waals surface area contributed by atoms with Gasteiger partial charge in [0.25, 0.3) is 5.91 Å². The first kappa shape index (κ1) is 12.8. The number of nitrogens with one attached hydrogen (secondary N) is 1. The SMILES string of the molecule is NCC1CCCC1NC(=O)c1cccc(I)c1. The van der Waals surface area contributed by atoms with Crippen LogP contribution < -0.4 is 11.1 Å². The van der Waals surface area contributed by atoms with Crippen LogP contribution in [0.25, 0.3) is 0 Å². The molecule has 1 aromatic carbocycles. The monoisotopic (exact) mass is 344 g/mol. The molecule has 1 aliphatic carbocycles. The van der Waals surface area contributed by atoms with Gasteiger partial charge >= 0.3 is 0 Å². The predicted octanol–water partition coefficient (Wildman–Crippen LogP) is 2.15. The van der Waals surface area contributed by atoms with E-state index >= 15 is 0 Å². The summed E-state index contributed by atoms with van der Waals surface area (Å²) < 4.78 is 1.08. The molecule has 0 saturated heterocycles. The summed E-state index contributed by atoms with van der Waals surface area (Å²) in [5.41, 5.74) is 6.45. The van der Waals surface area contributed by atoms with Gasteiger partial charge in [-0.25, -0.2) is 0 Å². The molecule has 1 amide bonds. The minimum absolute atomic E-state index is 0.0221. The Balaban J connectivity index is 2.01. The fraction of sp³-hybridized carbons (Fsp3) is 0.462. The van der Waals surface area contributed by atoms with Crippen molar-refractivity contribution in [3.8, 4) is 0 Å². The molecule has 17 heavy (non-hydrogen) atoms. The zero-order valence-corrected chi connectivity index (χ0v) is 11.8. The van der Waals surface area contributed by atoms with Crippen molar-refractivity contribution in [1.29, 1.82) is 0 Å². The van der Waals surface area contributed by atoms with E-state index in [1.165, 1.54) is 6.42 Å². The van der Waals surface area contributed by atoms with Gasteiger partial charge < -0.3 is 11.1 Å². The molecule has 0 aliphatic heterocycles. The lowest BCUT2D eigenvalue weighted by Gasteiger charge is -2.19. The van der Waals surface area contributed by atoms with Crippen LogP contribution in [0.4, 0.5) is 0 Å². The molecule has 3 N–H and O–H groups in total. The average molecular weight is 344 g/mol. The lowest BCUT2D eigenvalue weighted by atomic mass is 10.0. The van der Waals surface area contributed by atoms with Gasteiger partial charge in [-0.3, -0.25) is 4.79 Å². The molecule has 2 rings (SSSR count). The maximum absolute atomic E-state index is 12.1. The van der Waals surface area contributed by atoms with Gasteiger partial charge in [-0.15, -0.1) is 0 Å². The molecule has 1 aromatic rings. The van der Waals surface area contributed by atoms with Crippen LogP contribution in [0.1, 0.15) is 29.6 Å². The molecule has 2 atom stereocenters. The van der Waals surface area contributed by atoms with E-state index < -0.39 is 0 Å². The van der Waals surface area contributed by atoms with Gasteiger partial charge in [0.05, 0.1) is 0 Å². The Bertz CT molecular complexity index is 408. The molecule has 92 valence electrons. The zero-order chi connectivity index (χ0) is 12.3. The number of carbonyl (C=O) groups excluding carboxylic acids is 1. The Morgan fingerprint density at radius 3 is 3.00 bits per heavy atom. The van der Waals surface area contributed by atoms with Crippen LogP contribution in [0.5, 0.6) is 0 Å². The first-order chi connectivity index (χ1) is 8.20. The minimum atomic E-state index is 0.0221. The molecular weight excluding hydrogens is 327 g/mol. The van der Waals surface area contributed by atoms with Crippen molar-refractivity contribution in [2.24, 2.45) is 11.7 Å². The van der Waals surface area contributed by atoms with Crippen LogP contribution >= 0.6 is 22.6 Å². The molecule has 2 unspecified atom stereocenters. The lowest BCUT2D eigenvalue weighted by Crippen LogP contribution is -2.39. The highest BCUT2D eigenvalue weighted by Crippen LogP contribution is 2.24. The van der Waals surface area contributed by atoms with Crippen molar-refractivity contribution in [2.75, 3.05) is 6.54 Å². The van der Waals surface area contributed by atoms with E-state index in [0.717, 1.165) is 22.0 Å². The third kappa shape index (κ3) is 3.19. The molecule has 1 fully saturated rings. The van der Waals surface area contributed by atoms with E-state index in [0.29, 0.717) is 12.5 Å². The second-order valence-electron chi connectivity index (χ2n) is 4.52. The van der Waals surface area contributed by atoms with Crippen molar-refractivity contribution < 1.29 is 4.79 Å². The fourth-order valence-corrected chi connectivity index (χ4v) is 2.93. The largest absolute Gasteiger partial charge is 0.349 e. The van der Waals surface area contributed by atoms with Gasteiger partial charge in [-0.2, -0.15) is 0 Å². The summed E-state index contributed by atoms with van der Waals surface area (Å²) in [6, 6.07) is 7.90. The number of nitrogens with two attached hydrogens (primary N) is 1. The van der Waals surface area contributed by atoms with Gasteiger partial charge in [0.1, 0.15) is 0 Å². The van der Waals surface area contributed by atoms with Gasteiger partial charge in [-0.05, 0) is 66.1 Å². The van der Waals surface area contributed by atoms with Crippen molar-refractivity contribution in [1.82, 2.24) is 5.32 Å². The van der Waals surface area contributed by atoms with Gasteiger partial charge in [0.2, 0.25) is 0 Å². The molecule has 0 heterocycles. The number of hydrogen-bond acceptors (Lipinski definition) is 2. The van der Waals surface area contributed by atoms with Crippen LogP contribution in [0.2, 0.25) is 0 Å². The normalized spacial score (nSPS) is 23.6. The highest BCUT2D eigenvalue weighted by molar-refractivity contribution is 14.1. The Labute approximate surface area is 115 Å². The second-order valence-corrected chi connectivity index (χ2v) is 5.76. The fourth-order valence-electron chi connectivity index (χ4n) is 2.39. The molecule has 1 aliphatic rings. The summed E-state index contributed by atoms with van der Waals surface area (Å²) in [5, 5.41) is 3.10. The number of benzene rings is 1. The summed E-state index contributed by atoms with van der Waals surface area (Å²) in [6.45, 7) is 0.664. The third-order valence-electron chi connectivity index (χ3n) is 3.37. The smallest absolute Gasteiger partial charge is 0.251 e. The Morgan fingerprint density at radius 1 is 1.47 bits per heavy atom. The summed E-state index contributed by atoms with van der Waals surface area (Å²) in [6.07, 6.45) is 3.35. The highest BCUT2D eigenvalue weighted by Gasteiger charge is 2.27. The minimum Gasteiger partial charge on any atom is -0.349 e. The topological polar surface area (TPSA) is 55.1 Å². The number of halogens is 1. The van der Waals surface area contributed by atoms with Gasteiger partial charge in [-0.1, -0.05) is 12.5 Å². The van der Waals surface area contributed by atoms with Crippen molar-refractivity contribution in [2.45, 2.75) is 25.3 Å². The van der Waals surface area contributed by atoms with Crippen LogP contribution in [-0.2, 0) is 0 Å². The Kier molecular flexibility index (Phi) is 4.39. The van der Waals surface area contributed by atoms with Crippen molar-refractivity contribution in [3.63, 3.8) is 0 Å². The average Bonchev–Trinajstić information content (AvgIpc) is 2.76. The number of hydrogen-bond donors (Lipinski definition) is 2. The highest BCUT2D eigenvalue weighted by atomic mass is 127. The quantitative estimate of drug-likeness (QED) is 0.826. The molecular formula is C13H17IN2O. The number of amides is 1. The molecule has 0 aromatic heterocycles. The third-order valence-corrected chi connectivity index (χ3v) is 4.04. The van der Waals surface area contributed by atoms with Gasteiger partial charge in [0.15, 0.2) is 0 Å². The summed E-state index contributed by atoms with van der Waals surface area (Å²) in [4.78, 5) is 12.1. The van der Waals surface area contributed by atoms with Crippen molar-refractivity contribution >= 4 is 28.5 Å². The van der Waals surface area contributed by atoms with E-state index in [-0.39, 0.29) is 11.9 Å². The maximum Gasteiger partial charge on any atom is 0.251 e. The molecule has 4 heteroatoms. The lowest BCUT2D eigenvalue weighted by molar-refractivity contribution is 0.0928. The summed E-state index contributed by atoms with van der Waals surface area (Å²) in [7, 11) is 0. The second kappa shape index (κ2) is 5.82. The van der Waals surface area contributed by atoms with E-state index in [2.05, 4.69) is 27.9 Å². The van der Waals surface area contributed by atoms with Crippen LogP contribution in [0.3, 0.4) is 0 Å². The number of carbonyl (C=O) groups is 1. The first-order valence-corrected chi connectivity index (χ1v) is 7.05. The standard InChI is InChI=1S/C13H17IN2O/c14-11-5-1-3-9(7-11)13(17)16-12-6-2-4-10(12)8-15/h1,3,5,7,10,12H,2,4,6,8,15H2,(H,16,17). The summed E-state index contributed by atoms with van der Waals surface area (Å²) in [5.74, 6) is 0.468. The van der Waals surface area contributed by atoms with E-state index in [9.17, 15) is 4.79 Å². The van der Waals surface area contributed by atoms with Gasteiger partial charge in [0, 0.05) is 15.2 Å².